The number of hydrogen-bond acceptors (Lipinski definition) is 2. The van der Waals surface area contributed by atoms with Gasteiger partial charge in [0.25, 0.3) is 0 Å². The lowest BCUT2D eigenvalue weighted by Crippen LogP contribution is -3.13. The number of rotatable bonds is 5. The molecule has 130 valence electrons. The second kappa shape index (κ2) is 8.65. The monoisotopic (exact) mass is 312 g/mol. The van der Waals surface area contributed by atoms with E-state index in [-0.39, 0.29) is 6.10 Å². The van der Waals surface area contributed by atoms with E-state index in [9.17, 15) is 5.11 Å². The molecule has 2 aliphatic rings. The fourth-order valence-electron chi connectivity index (χ4n) is 4.17. The molecule has 0 radical (unpaired) electrons. The molecule has 1 aliphatic heterocycles. The Morgan fingerprint density at radius 2 is 1.59 bits per heavy atom. The smallest absolute Gasteiger partial charge is 0.126 e. The van der Waals surface area contributed by atoms with Crippen molar-refractivity contribution in [2.24, 2.45) is 11.3 Å². The minimum atomic E-state index is -0.284. The van der Waals surface area contributed by atoms with Gasteiger partial charge in [0.2, 0.25) is 0 Å². The topological polar surface area (TPSA) is 33.9 Å². The molecule has 1 atom stereocenters. The van der Waals surface area contributed by atoms with Gasteiger partial charge in [-0.05, 0) is 62.7 Å². The highest BCUT2D eigenvalue weighted by molar-refractivity contribution is 4.81. The van der Waals surface area contributed by atoms with Gasteiger partial charge in [0.15, 0.2) is 0 Å². The first-order valence-electron chi connectivity index (χ1n) is 9.58. The van der Waals surface area contributed by atoms with E-state index in [4.69, 9.17) is 4.74 Å². The molecule has 0 amide bonds. The predicted molar refractivity (Wildman–Crippen MR) is 91.2 cm³/mol. The summed E-state index contributed by atoms with van der Waals surface area (Å²) in [6, 6.07) is 0. The first-order chi connectivity index (χ1) is 10.4. The molecule has 3 heteroatoms. The van der Waals surface area contributed by atoms with E-state index in [2.05, 4.69) is 20.8 Å². The van der Waals surface area contributed by atoms with Crippen LogP contribution in [0, 0.1) is 11.3 Å². The van der Waals surface area contributed by atoms with Crippen molar-refractivity contribution in [1.82, 2.24) is 0 Å². The minimum absolute atomic E-state index is 0.284. The molecule has 1 heterocycles. The van der Waals surface area contributed by atoms with Crippen LogP contribution in [0.25, 0.3) is 0 Å². The van der Waals surface area contributed by atoms with Crippen LogP contribution < -0.4 is 4.90 Å². The molecule has 0 aromatic heterocycles. The quantitative estimate of drug-likeness (QED) is 0.817. The van der Waals surface area contributed by atoms with E-state index in [1.54, 1.807) is 4.90 Å². The van der Waals surface area contributed by atoms with Crippen molar-refractivity contribution in [2.75, 3.05) is 26.2 Å². The zero-order valence-corrected chi connectivity index (χ0v) is 15.1. The van der Waals surface area contributed by atoms with Crippen LogP contribution in [-0.2, 0) is 4.74 Å². The summed E-state index contributed by atoms with van der Waals surface area (Å²) in [4.78, 5) is 1.57. The summed E-state index contributed by atoms with van der Waals surface area (Å²) in [7, 11) is 0. The Morgan fingerprint density at radius 3 is 2.14 bits per heavy atom. The Bertz CT molecular complexity index is 297. The van der Waals surface area contributed by atoms with Crippen LogP contribution in [0.15, 0.2) is 0 Å². The van der Waals surface area contributed by atoms with Crippen LogP contribution in [0.1, 0.15) is 72.1 Å². The van der Waals surface area contributed by atoms with Crippen molar-refractivity contribution in [1.29, 1.82) is 0 Å². The van der Waals surface area contributed by atoms with Crippen LogP contribution in [0.5, 0.6) is 0 Å². The molecular formula is C19H38NO2+. The number of quaternary nitrogens is 1. The third-order valence-electron chi connectivity index (χ3n) is 5.76. The van der Waals surface area contributed by atoms with Crippen LogP contribution in [0.2, 0.25) is 0 Å². The molecule has 0 bridgehead atoms. The lowest BCUT2D eigenvalue weighted by Gasteiger charge is -2.37. The van der Waals surface area contributed by atoms with Crippen LogP contribution in [0.3, 0.4) is 0 Å². The molecule has 0 unspecified atom stereocenters. The van der Waals surface area contributed by atoms with Crippen LogP contribution in [0.4, 0.5) is 0 Å². The van der Waals surface area contributed by atoms with Crippen LogP contribution in [-0.4, -0.2) is 43.6 Å². The largest absolute Gasteiger partial charge is 0.385 e. The van der Waals surface area contributed by atoms with Crippen LogP contribution >= 0.6 is 0 Å². The van der Waals surface area contributed by atoms with E-state index >= 15 is 0 Å². The van der Waals surface area contributed by atoms with Crippen molar-refractivity contribution in [3.8, 4) is 0 Å². The average Bonchev–Trinajstić information content (AvgIpc) is 2.73. The number of nitrogens with one attached hydrogen (secondary N) is 1. The van der Waals surface area contributed by atoms with Gasteiger partial charge in [-0.2, -0.15) is 0 Å². The second-order valence-electron chi connectivity index (χ2n) is 8.70. The van der Waals surface area contributed by atoms with E-state index < -0.39 is 0 Å². The van der Waals surface area contributed by atoms with Crippen molar-refractivity contribution < 1.29 is 14.7 Å². The Kier molecular flexibility index (Phi) is 7.17. The first kappa shape index (κ1) is 18.2. The Balaban J connectivity index is 1.61. The van der Waals surface area contributed by atoms with E-state index in [1.807, 2.05) is 0 Å². The van der Waals surface area contributed by atoms with Crippen molar-refractivity contribution in [3.05, 3.63) is 0 Å². The summed E-state index contributed by atoms with van der Waals surface area (Å²) >= 11 is 0. The lowest BCUT2D eigenvalue weighted by molar-refractivity contribution is -0.902. The Labute approximate surface area is 137 Å². The molecule has 22 heavy (non-hydrogen) atoms. The van der Waals surface area contributed by atoms with Gasteiger partial charge >= 0.3 is 0 Å². The van der Waals surface area contributed by atoms with Gasteiger partial charge in [0.05, 0.1) is 25.8 Å². The summed E-state index contributed by atoms with van der Waals surface area (Å²) in [6.07, 6.45) is 10.4. The highest BCUT2D eigenvalue weighted by atomic mass is 16.5. The highest BCUT2D eigenvalue weighted by Gasteiger charge is 2.30. The molecule has 1 aliphatic carbocycles. The standard InChI is InChI=1S/C19H37NO2/c1-19(2,3)16-8-10-18(11-9-16)22-15-17(21)14-20-12-6-4-5-7-13-20/h16-18,21H,4-15H2,1-3H3/p+1/t16?,17-,18?/m1/s1. The van der Waals surface area contributed by atoms with Gasteiger partial charge in [0, 0.05) is 0 Å². The van der Waals surface area contributed by atoms with Gasteiger partial charge < -0.3 is 14.7 Å². The fourth-order valence-corrected chi connectivity index (χ4v) is 4.17. The third kappa shape index (κ3) is 6.17. The molecule has 1 saturated carbocycles. The van der Waals surface area contributed by atoms with E-state index in [0.29, 0.717) is 18.1 Å². The second-order valence-corrected chi connectivity index (χ2v) is 8.70. The van der Waals surface area contributed by atoms with Gasteiger partial charge in [0.1, 0.15) is 12.6 Å². The summed E-state index contributed by atoms with van der Waals surface area (Å²) < 4.78 is 6.02. The normalized spacial score (nSPS) is 30.0. The molecule has 2 rings (SSSR count). The minimum Gasteiger partial charge on any atom is -0.385 e. The number of aliphatic hydroxyl groups is 1. The summed E-state index contributed by atoms with van der Waals surface area (Å²) in [5.74, 6) is 0.832. The molecule has 0 aromatic rings. The lowest BCUT2D eigenvalue weighted by atomic mass is 9.72. The molecule has 2 fully saturated rings. The van der Waals surface area contributed by atoms with Crippen molar-refractivity contribution >= 4 is 0 Å². The average molecular weight is 313 g/mol. The van der Waals surface area contributed by atoms with Gasteiger partial charge in [-0.25, -0.2) is 0 Å². The third-order valence-corrected chi connectivity index (χ3v) is 5.76. The Morgan fingerprint density at radius 1 is 1.00 bits per heavy atom. The molecule has 2 N–H and O–H groups in total. The molecule has 3 nitrogen and oxygen atoms in total. The fraction of sp³-hybridized carbons (Fsp3) is 1.00. The first-order valence-corrected chi connectivity index (χ1v) is 9.58. The number of ether oxygens (including phenoxy) is 1. The van der Waals surface area contributed by atoms with E-state index in [1.165, 1.54) is 64.5 Å². The van der Waals surface area contributed by atoms with Gasteiger partial charge in [-0.15, -0.1) is 0 Å². The van der Waals surface area contributed by atoms with Crippen molar-refractivity contribution in [3.63, 3.8) is 0 Å². The van der Waals surface area contributed by atoms with Gasteiger partial charge in [-0.3, -0.25) is 0 Å². The SMILES string of the molecule is CC(C)(C)C1CCC(OC[C@H](O)C[NH+]2CCCCCC2)CC1. The number of likely N-dealkylation sites (tertiary alicyclic amines) is 1. The summed E-state index contributed by atoms with van der Waals surface area (Å²) in [5, 5.41) is 10.3. The Hall–Kier alpha value is -0.120. The molecule has 0 spiro atoms. The maximum absolute atomic E-state index is 10.3. The van der Waals surface area contributed by atoms with Crippen molar-refractivity contribution in [2.45, 2.75) is 84.3 Å². The maximum Gasteiger partial charge on any atom is 0.126 e. The number of hydrogen-bond donors (Lipinski definition) is 2. The van der Waals surface area contributed by atoms with Gasteiger partial charge in [-0.1, -0.05) is 20.8 Å². The predicted octanol–water partition coefficient (Wildman–Crippen LogP) is 2.43. The number of aliphatic hydroxyl groups excluding tert-OH is 1. The van der Waals surface area contributed by atoms with E-state index in [0.717, 1.165) is 12.5 Å². The summed E-state index contributed by atoms with van der Waals surface area (Å²) in [6.45, 7) is 10.9. The maximum atomic E-state index is 10.3. The molecular weight excluding hydrogens is 274 g/mol. The zero-order valence-electron chi connectivity index (χ0n) is 15.1. The zero-order chi connectivity index (χ0) is 16.0. The molecule has 0 aromatic carbocycles. The summed E-state index contributed by atoms with van der Waals surface area (Å²) in [5.41, 5.74) is 0.431. The molecule has 1 saturated heterocycles. The highest BCUT2D eigenvalue weighted by Crippen LogP contribution is 2.38.